The highest BCUT2D eigenvalue weighted by atomic mass is 16.2. The Morgan fingerprint density at radius 2 is 1.60 bits per heavy atom. The van der Waals surface area contributed by atoms with Crippen molar-refractivity contribution < 1.29 is 9.59 Å². The quantitative estimate of drug-likeness (QED) is 0.802. The third-order valence-electron chi connectivity index (χ3n) is 3.23. The fourth-order valence-electron chi connectivity index (χ4n) is 2.28. The first-order chi connectivity index (χ1) is 9.74. The van der Waals surface area contributed by atoms with E-state index in [1.165, 1.54) is 0 Å². The SMILES string of the molecule is O=C1C/C(=C/c2ccccc2)C(=O)c2ccccc2N1. The van der Waals surface area contributed by atoms with Crippen LogP contribution in [0.25, 0.3) is 6.08 Å². The van der Waals surface area contributed by atoms with Crippen LogP contribution in [0.4, 0.5) is 5.69 Å². The zero-order valence-corrected chi connectivity index (χ0v) is 10.8. The first-order valence-corrected chi connectivity index (χ1v) is 6.43. The van der Waals surface area contributed by atoms with Gasteiger partial charge >= 0.3 is 0 Å². The fourth-order valence-corrected chi connectivity index (χ4v) is 2.28. The van der Waals surface area contributed by atoms with Crippen molar-refractivity contribution in [1.29, 1.82) is 0 Å². The number of hydrogen-bond donors (Lipinski definition) is 1. The topological polar surface area (TPSA) is 46.2 Å². The van der Waals surface area contributed by atoms with E-state index in [9.17, 15) is 9.59 Å². The summed E-state index contributed by atoms with van der Waals surface area (Å²) in [7, 11) is 0. The lowest BCUT2D eigenvalue weighted by Crippen LogP contribution is -2.10. The summed E-state index contributed by atoms with van der Waals surface area (Å²) < 4.78 is 0. The van der Waals surface area contributed by atoms with E-state index in [2.05, 4.69) is 5.32 Å². The van der Waals surface area contributed by atoms with Crippen molar-refractivity contribution in [3.8, 4) is 0 Å². The van der Waals surface area contributed by atoms with Gasteiger partial charge in [0.05, 0.1) is 12.1 Å². The second-order valence-electron chi connectivity index (χ2n) is 4.68. The monoisotopic (exact) mass is 263 g/mol. The maximum Gasteiger partial charge on any atom is 0.228 e. The van der Waals surface area contributed by atoms with Gasteiger partial charge in [0.1, 0.15) is 0 Å². The molecule has 3 nitrogen and oxygen atoms in total. The van der Waals surface area contributed by atoms with Crippen LogP contribution in [0.2, 0.25) is 0 Å². The van der Waals surface area contributed by atoms with Crippen LogP contribution in [-0.4, -0.2) is 11.7 Å². The smallest absolute Gasteiger partial charge is 0.228 e. The number of carbonyl (C=O) groups is 2. The molecular weight excluding hydrogens is 250 g/mol. The number of anilines is 1. The van der Waals surface area contributed by atoms with Crippen LogP contribution in [0.1, 0.15) is 22.3 Å². The summed E-state index contributed by atoms with van der Waals surface area (Å²) in [5.41, 5.74) is 2.56. The van der Waals surface area contributed by atoms with Crippen molar-refractivity contribution >= 4 is 23.5 Å². The average molecular weight is 263 g/mol. The van der Waals surface area contributed by atoms with Gasteiger partial charge in [-0.05, 0) is 23.8 Å². The van der Waals surface area contributed by atoms with E-state index < -0.39 is 0 Å². The lowest BCUT2D eigenvalue weighted by molar-refractivity contribution is -0.115. The molecule has 98 valence electrons. The van der Waals surface area contributed by atoms with Crippen LogP contribution in [0.5, 0.6) is 0 Å². The summed E-state index contributed by atoms with van der Waals surface area (Å²) in [6, 6.07) is 16.6. The minimum Gasteiger partial charge on any atom is -0.325 e. The minimum atomic E-state index is -0.162. The highest BCUT2D eigenvalue weighted by Gasteiger charge is 2.23. The zero-order chi connectivity index (χ0) is 13.9. The van der Waals surface area contributed by atoms with E-state index >= 15 is 0 Å². The second-order valence-corrected chi connectivity index (χ2v) is 4.68. The first kappa shape index (κ1) is 12.4. The molecule has 2 aromatic carbocycles. The molecule has 0 saturated carbocycles. The molecule has 1 amide bonds. The highest BCUT2D eigenvalue weighted by Crippen LogP contribution is 2.25. The second kappa shape index (κ2) is 5.13. The average Bonchev–Trinajstić information content (AvgIpc) is 2.58. The molecule has 0 unspecified atom stereocenters. The van der Waals surface area contributed by atoms with Gasteiger partial charge in [-0.1, -0.05) is 42.5 Å². The summed E-state index contributed by atoms with van der Waals surface area (Å²) in [6.45, 7) is 0. The van der Waals surface area contributed by atoms with Gasteiger partial charge in [-0.15, -0.1) is 0 Å². The van der Waals surface area contributed by atoms with Crippen LogP contribution in [0, 0.1) is 0 Å². The van der Waals surface area contributed by atoms with Crippen molar-refractivity contribution in [2.75, 3.05) is 5.32 Å². The highest BCUT2D eigenvalue weighted by molar-refractivity contribution is 6.20. The van der Waals surface area contributed by atoms with Gasteiger partial charge < -0.3 is 5.32 Å². The molecule has 3 heteroatoms. The van der Waals surface area contributed by atoms with E-state index in [1.54, 1.807) is 30.3 Å². The number of hydrogen-bond acceptors (Lipinski definition) is 2. The number of para-hydroxylation sites is 1. The first-order valence-electron chi connectivity index (χ1n) is 6.43. The summed E-state index contributed by atoms with van der Waals surface area (Å²) in [4.78, 5) is 24.4. The van der Waals surface area contributed by atoms with Gasteiger partial charge in [0, 0.05) is 11.1 Å². The van der Waals surface area contributed by atoms with Crippen LogP contribution in [-0.2, 0) is 4.79 Å². The number of nitrogens with one attached hydrogen (secondary N) is 1. The molecule has 3 rings (SSSR count). The van der Waals surface area contributed by atoms with E-state index in [1.807, 2.05) is 30.3 Å². The van der Waals surface area contributed by atoms with E-state index in [0.29, 0.717) is 16.8 Å². The van der Waals surface area contributed by atoms with Crippen molar-refractivity contribution in [2.45, 2.75) is 6.42 Å². The maximum atomic E-state index is 12.5. The largest absolute Gasteiger partial charge is 0.325 e. The van der Waals surface area contributed by atoms with Crippen LogP contribution in [0.3, 0.4) is 0 Å². The maximum absolute atomic E-state index is 12.5. The number of rotatable bonds is 1. The summed E-state index contributed by atoms with van der Waals surface area (Å²) in [5, 5.41) is 2.77. The normalized spacial score (nSPS) is 16.5. The number of ketones is 1. The third-order valence-corrected chi connectivity index (χ3v) is 3.23. The number of amides is 1. The molecule has 0 spiro atoms. The van der Waals surface area contributed by atoms with E-state index in [-0.39, 0.29) is 18.1 Å². The Morgan fingerprint density at radius 1 is 0.900 bits per heavy atom. The van der Waals surface area contributed by atoms with Gasteiger partial charge in [0.2, 0.25) is 5.91 Å². The molecule has 20 heavy (non-hydrogen) atoms. The third kappa shape index (κ3) is 2.38. The van der Waals surface area contributed by atoms with Gasteiger partial charge in [-0.2, -0.15) is 0 Å². The Kier molecular flexibility index (Phi) is 3.17. The van der Waals surface area contributed by atoms with E-state index in [0.717, 1.165) is 5.56 Å². The number of carbonyl (C=O) groups excluding carboxylic acids is 2. The van der Waals surface area contributed by atoms with Crippen molar-refractivity contribution in [1.82, 2.24) is 0 Å². The Balaban J connectivity index is 2.07. The van der Waals surface area contributed by atoms with Crippen molar-refractivity contribution in [3.05, 3.63) is 71.3 Å². The predicted molar refractivity (Wildman–Crippen MR) is 78.4 cm³/mol. The molecule has 0 saturated heterocycles. The molecule has 0 fully saturated rings. The summed E-state index contributed by atoms with van der Waals surface area (Å²) >= 11 is 0. The minimum absolute atomic E-state index is 0.0946. The van der Waals surface area contributed by atoms with Gasteiger partial charge in [-0.25, -0.2) is 0 Å². The lowest BCUT2D eigenvalue weighted by atomic mass is 9.99. The standard InChI is InChI=1S/C17H13NO2/c19-16-11-13(10-12-6-2-1-3-7-12)17(20)14-8-4-5-9-15(14)18-16/h1-10H,11H2,(H,18,19)/b13-10-. The van der Waals surface area contributed by atoms with Gasteiger partial charge in [0.15, 0.2) is 5.78 Å². The van der Waals surface area contributed by atoms with Crippen LogP contribution in [0.15, 0.2) is 60.2 Å². The summed E-state index contributed by atoms with van der Waals surface area (Å²) in [5.74, 6) is -0.256. The molecule has 0 radical (unpaired) electrons. The molecule has 0 aliphatic carbocycles. The molecule has 0 bridgehead atoms. The number of benzene rings is 2. The molecule has 0 atom stereocenters. The molecule has 0 aromatic heterocycles. The Labute approximate surface area is 116 Å². The molecular formula is C17H13NO2. The Morgan fingerprint density at radius 3 is 2.40 bits per heavy atom. The summed E-state index contributed by atoms with van der Waals surface area (Å²) in [6.07, 6.45) is 1.88. The van der Waals surface area contributed by atoms with Gasteiger partial charge in [-0.3, -0.25) is 9.59 Å². The number of fused-ring (bicyclic) bond motifs is 1. The van der Waals surface area contributed by atoms with E-state index in [4.69, 9.17) is 0 Å². The van der Waals surface area contributed by atoms with Gasteiger partial charge in [0.25, 0.3) is 0 Å². The molecule has 1 N–H and O–H groups in total. The van der Waals surface area contributed by atoms with Crippen LogP contribution < -0.4 is 5.32 Å². The lowest BCUT2D eigenvalue weighted by Gasteiger charge is -2.04. The number of Topliss-reactive ketones (excluding diaryl/α,β-unsaturated/α-hetero) is 1. The molecule has 1 heterocycles. The molecule has 1 aliphatic rings. The van der Waals surface area contributed by atoms with Crippen molar-refractivity contribution in [3.63, 3.8) is 0 Å². The fraction of sp³-hybridized carbons (Fsp3) is 0.0588. The van der Waals surface area contributed by atoms with Crippen molar-refractivity contribution in [2.24, 2.45) is 0 Å². The van der Waals surface area contributed by atoms with Crippen LogP contribution >= 0.6 is 0 Å². The zero-order valence-electron chi connectivity index (χ0n) is 10.8. The Hall–Kier alpha value is -2.68. The molecule has 1 aliphatic heterocycles. The molecule has 2 aromatic rings. The predicted octanol–water partition coefficient (Wildman–Crippen LogP) is 3.30. The Bertz CT molecular complexity index is 702.